The first-order chi connectivity index (χ1) is 2.27. The van der Waals surface area contributed by atoms with Crippen LogP contribution in [-0.4, -0.2) is 17.4 Å². The minimum absolute atomic E-state index is 1.65. The molecule has 0 amide bonds. The van der Waals surface area contributed by atoms with Gasteiger partial charge in [-0.05, 0) is 9.47 Å². The van der Waals surface area contributed by atoms with Crippen LogP contribution in [0.25, 0.3) is 0 Å². The second-order valence-corrected chi connectivity index (χ2v) is 0.735. The lowest BCUT2D eigenvalue weighted by atomic mass is 10.3. The molecule has 0 aromatic rings. The minimum atomic E-state index is -1.65. The van der Waals surface area contributed by atoms with Gasteiger partial charge in [-0.1, -0.05) is 0 Å². The van der Waals surface area contributed by atoms with Crippen molar-refractivity contribution in [2.75, 3.05) is 0 Å². The molecule has 0 spiro atoms. The molecule has 0 radical (unpaired) electrons. The van der Waals surface area contributed by atoms with Gasteiger partial charge in [-0.25, -0.2) is 0 Å². The predicted molar refractivity (Wildman–Crippen MR) is 21.0 cm³/mol. The van der Waals surface area contributed by atoms with E-state index < -0.39 is 7.32 Å². The Morgan fingerprint density at radius 1 is 1.60 bits per heavy atom. The van der Waals surface area contributed by atoms with E-state index in [4.69, 9.17) is 10.0 Å². The zero-order valence-electron chi connectivity index (χ0n) is 2.46. The monoisotopic (exact) mass is 94.0 g/mol. The van der Waals surface area contributed by atoms with Gasteiger partial charge in [0.05, 0.1) is 0 Å². The molecule has 30 valence electrons. The van der Waals surface area contributed by atoms with Crippen LogP contribution in [0, 0.1) is 0 Å². The fourth-order valence-electron chi connectivity index (χ4n) is 0. The lowest BCUT2D eigenvalue weighted by Crippen LogP contribution is -2.09. The van der Waals surface area contributed by atoms with Crippen LogP contribution in [-0.2, 0) is 4.44 Å². The maximum atomic E-state index is 7.67. The SMILES string of the molecule is OB(O)OP. The summed E-state index contributed by atoms with van der Waals surface area (Å²) in [6.45, 7) is 0. The summed E-state index contributed by atoms with van der Waals surface area (Å²) < 4.78 is 3.78. The molecule has 0 bridgehead atoms. The Morgan fingerprint density at radius 3 is 1.80 bits per heavy atom. The van der Waals surface area contributed by atoms with Crippen LogP contribution in [0.5, 0.6) is 0 Å². The number of hydrogen-bond acceptors (Lipinski definition) is 3. The third-order valence-corrected chi connectivity index (χ3v) is 0.365. The Bertz CT molecular complexity index is 20.9. The zero-order valence-corrected chi connectivity index (χ0v) is 3.61. The molecule has 1 unspecified atom stereocenters. The van der Waals surface area contributed by atoms with Crippen LogP contribution >= 0.6 is 9.47 Å². The van der Waals surface area contributed by atoms with Gasteiger partial charge in [0.1, 0.15) is 0 Å². The third-order valence-electron chi connectivity index (χ3n) is 0.122. The second-order valence-electron chi connectivity index (χ2n) is 0.462. The van der Waals surface area contributed by atoms with Gasteiger partial charge in [-0.15, -0.1) is 0 Å². The Labute approximate surface area is 32.4 Å². The molecule has 0 heterocycles. The van der Waals surface area contributed by atoms with Gasteiger partial charge < -0.3 is 14.5 Å². The first-order valence-corrected chi connectivity index (χ1v) is 1.46. The molecule has 0 aliphatic carbocycles. The molecule has 0 aliphatic rings. The maximum absolute atomic E-state index is 7.67. The molecular formula is H4BO3P. The Morgan fingerprint density at radius 2 is 1.80 bits per heavy atom. The summed E-state index contributed by atoms with van der Waals surface area (Å²) >= 11 is 0. The van der Waals surface area contributed by atoms with Crippen molar-refractivity contribution in [2.24, 2.45) is 0 Å². The van der Waals surface area contributed by atoms with Gasteiger partial charge in [0.2, 0.25) is 0 Å². The van der Waals surface area contributed by atoms with Crippen molar-refractivity contribution in [3.8, 4) is 0 Å². The lowest BCUT2D eigenvalue weighted by molar-refractivity contribution is 0.307. The molecule has 0 aromatic carbocycles. The molecule has 0 aromatic heterocycles. The smallest absolute Gasteiger partial charge is 0.402 e. The highest BCUT2D eigenvalue weighted by Gasteiger charge is 2.00. The molecule has 3 nitrogen and oxygen atoms in total. The van der Waals surface area contributed by atoms with E-state index in [2.05, 4.69) is 4.44 Å². The number of hydrogen-bond donors (Lipinski definition) is 2. The normalized spacial score (nSPS) is 7.80. The van der Waals surface area contributed by atoms with Gasteiger partial charge >= 0.3 is 7.32 Å². The predicted octanol–water partition coefficient (Wildman–Crippen LogP) is -1.24. The van der Waals surface area contributed by atoms with Gasteiger partial charge in [0.25, 0.3) is 0 Å². The van der Waals surface area contributed by atoms with Crippen LogP contribution in [0.1, 0.15) is 0 Å². The van der Waals surface area contributed by atoms with Crippen LogP contribution in [0.3, 0.4) is 0 Å². The van der Waals surface area contributed by atoms with E-state index in [1.807, 2.05) is 0 Å². The zero-order chi connectivity index (χ0) is 4.28. The van der Waals surface area contributed by atoms with Gasteiger partial charge in [0.15, 0.2) is 0 Å². The maximum Gasteiger partial charge on any atom is 0.636 e. The van der Waals surface area contributed by atoms with Crippen molar-refractivity contribution in [3.63, 3.8) is 0 Å². The summed E-state index contributed by atoms with van der Waals surface area (Å²) in [6.07, 6.45) is 0. The molecule has 5 heavy (non-hydrogen) atoms. The summed E-state index contributed by atoms with van der Waals surface area (Å²) in [7, 11) is 0.0417. The van der Waals surface area contributed by atoms with Gasteiger partial charge in [0, 0.05) is 0 Å². The number of rotatable bonds is 1. The average molecular weight is 93.8 g/mol. The molecule has 1 atom stereocenters. The van der Waals surface area contributed by atoms with E-state index in [0.717, 1.165) is 0 Å². The van der Waals surface area contributed by atoms with Crippen molar-refractivity contribution in [2.45, 2.75) is 0 Å². The largest absolute Gasteiger partial charge is 0.636 e. The molecule has 0 rings (SSSR count). The Balaban J connectivity index is 2.54. The molecule has 0 saturated heterocycles. The highest BCUT2D eigenvalue weighted by Crippen LogP contribution is 1.81. The van der Waals surface area contributed by atoms with Crippen LogP contribution in [0.2, 0.25) is 0 Å². The topological polar surface area (TPSA) is 49.7 Å². The molecule has 0 saturated carbocycles. The summed E-state index contributed by atoms with van der Waals surface area (Å²) in [5.41, 5.74) is 0. The van der Waals surface area contributed by atoms with Crippen molar-refractivity contribution >= 4 is 16.8 Å². The van der Waals surface area contributed by atoms with E-state index in [1.54, 1.807) is 9.47 Å². The molecular weight excluding hydrogens is 89.8 g/mol. The first-order valence-electron chi connectivity index (χ1n) is 0.988. The lowest BCUT2D eigenvalue weighted by Gasteiger charge is -1.84. The van der Waals surface area contributed by atoms with Crippen molar-refractivity contribution in [3.05, 3.63) is 0 Å². The van der Waals surface area contributed by atoms with E-state index in [1.165, 1.54) is 0 Å². The van der Waals surface area contributed by atoms with Crippen LogP contribution in [0.15, 0.2) is 0 Å². The van der Waals surface area contributed by atoms with Crippen molar-refractivity contribution < 1.29 is 14.5 Å². The second kappa shape index (κ2) is 2.60. The van der Waals surface area contributed by atoms with E-state index in [0.29, 0.717) is 0 Å². The molecule has 2 N–H and O–H groups in total. The fraction of sp³-hybridized carbons (Fsp3) is 0. The molecule has 5 heteroatoms. The van der Waals surface area contributed by atoms with Crippen LogP contribution in [0.4, 0.5) is 0 Å². The van der Waals surface area contributed by atoms with Gasteiger partial charge in [-0.3, -0.25) is 0 Å². The van der Waals surface area contributed by atoms with Crippen molar-refractivity contribution in [1.29, 1.82) is 0 Å². The highest BCUT2D eigenvalue weighted by molar-refractivity contribution is 7.12. The summed E-state index contributed by atoms with van der Waals surface area (Å²) in [5.74, 6) is 0. The molecule has 0 aliphatic heterocycles. The molecule has 0 fully saturated rings. The summed E-state index contributed by atoms with van der Waals surface area (Å²) in [4.78, 5) is 0. The quantitative estimate of drug-likeness (QED) is 0.315. The highest BCUT2D eigenvalue weighted by atomic mass is 31.0. The summed E-state index contributed by atoms with van der Waals surface area (Å²) in [6, 6.07) is 0. The summed E-state index contributed by atoms with van der Waals surface area (Å²) in [5, 5.41) is 15.3. The van der Waals surface area contributed by atoms with Crippen molar-refractivity contribution in [1.82, 2.24) is 0 Å². The third kappa shape index (κ3) is 4.37. The average Bonchev–Trinajstić information content (AvgIpc) is 1.38. The van der Waals surface area contributed by atoms with Gasteiger partial charge in [-0.2, -0.15) is 0 Å². The standard InChI is InChI=1S/BH4O3P/c2-1(3)4-5/h2-3H,5H2. The minimum Gasteiger partial charge on any atom is -0.402 e. The van der Waals surface area contributed by atoms with Crippen LogP contribution < -0.4 is 0 Å². The first kappa shape index (κ1) is 5.37. The Kier molecular flexibility index (Phi) is 2.80. The fourth-order valence-corrected chi connectivity index (χ4v) is 0. The van der Waals surface area contributed by atoms with E-state index in [9.17, 15) is 0 Å². The Hall–Kier alpha value is 0.375. The van der Waals surface area contributed by atoms with E-state index in [-0.39, 0.29) is 0 Å². The van der Waals surface area contributed by atoms with E-state index >= 15 is 0 Å².